The van der Waals surface area contributed by atoms with Crippen LogP contribution in [-0.2, 0) is 13.1 Å². The quantitative estimate of drug-likeness (QED) is 0.362. The molecule has 0 fully saturated rings. The van der Waals surface area contributed by atoms with Crippen LogP contribution in [0.5, 0.6) is 0 Å². The van der Waals surface area contributed by atoms with E-state index in [9.17, 15) is 9.18 Å². The zero-order valence-electron chi connectivity index (χ0n) is 19.3. The van der Waals surface area contributed by atoms with E-state index in [-0.39, 0.29) is 18.1 Å². The highest BCUT2D eigenvalue weighted by atomic mass is 35.5. The number of aryl methyl sites for hydroxylation is 2. The van der Waals surface area contributed by atoms with Gasteiger partial charge in [-0.05, 0) is 43.7 Å². The minimum absolute atomic E-state index is 0.00890. The van der Waals surface area contributed by atoms with Gasteiger partial charge in [0, 0.05) is 17.6 Å². The zero-order valence-corrected chi connectivity index (χ0v) is 20.0. The number of hydrogen-bond donors (Lipinski definition) is 2. The Labute approximate surface area is 209 Å². The third kappa shape index (κ3) is 4.70. The largest absolute Gasteiger partial charge is 0.331 e. The van der Waals surface area contributed by atoms with Crippen LogP contribution in [-0.4, -0.2) is 45.5 Å². The lowest BCUT2D eigenvalue weighted by Crippen LogP contribution is -2.36. The number of carbonyl (C=O) groups is 1. The first-order chi connectivity index (χ1) is 17.4. The average Bonchev–Trinajstić information content (AvgIpc) is 3.49. The van der Waals surface area contributed by atoms with Crippen molar-refractivity contribution in [2.75, 3.05) is 0 Å². The maximum atomic E-state index is 13.9. The van der Waals surface area contributed by atoms with E-state index in [1.165, 1.54) is 29.5 Å². The van der Waals surface area contributed by atoms with Crippen LogP contribution in [0.3, 0.4) is 0 Å². The predicted molar refractivity (Wildman–Crippen MR) is 129 cm³/mol. The van der Waals surface area contributed by atoms with Crippen LogP contribution in [0.15, 0.2) is 49.2 Å². The van der Waals surface area contributed by atoms with Gasteiger partial charge in [0.1, 0.15) is 24.3 Å². The number of rotatable bonds is 6. The SMILES string of the molecule is Cc1nc(CNC(=O)NCc2ncnn2-c2cc(C)c3cncnc3c2)n(-c2ccc(Cl)c(F)c2)n1. The van der Waals surface area contributed by atoms with Crippen LogP contribution in [0, 0.1) is 19.7 Å². The molecule has 5 rings (SSSR count). The van der Waals surface area contributed by atoms with Crippen LogP contribution < -0.4 is 10.6 Å². The van der Waals surface area contributed by atoms with Gasteiger partial charge in [-0.3, -0.25) is 0 Å². The number of carbonyl (C=O) groups excluding carboxylic acids is 1. The van der Waals surface area contributed by atoms with Crippen LogP contribution in [0.25, 0.3) is 22.3 Å². The van der Waals surface area contributed by atoms with Crippen LogP contribution >= 0.6 is 11.6 Å². The Morgan fingerprint density at radius 3 is 2.61 bits per heavy atom. The summed E-state index contributed by atoms with van der Waals surface area (Å²) in [5.41, 5.74) is 2.99. The van der Waals surface area contributed by atoms with Gasteiger partial charge in [-0.15, -0.1) is 0 Å². The molecule has 0 saturated carbocycles. The Hall–Kier alpha value is -4.45. The molecule has 0 radical (unpaired) electrons. The first kappa shape index (κ1) is 23.3. The topological polar surface area (TPSA) is 128 Å². The van der Waals surface area contributed by atoms with Gasteiger partial charge < -0.3 is 10.6 Å². The molecule has 2 N–H and O–H groups in total. The maximum Gasteiger partial charge on any atom is 0.315 e. The van der Waals surface area contributed by atoms with Crippen molar-refractivity contribution in [2.45, 2.75) is 26.9 Å². The number of hydrogen-bond acceptors (Lipinski definition) is 7. The highest BCUT2D eigenvalue weighted by Crippen LogP contribution is 2.21. The Kier molecular flexibility index (Phi) is 6.25. The van der Waals surface area contributed by atoms with E-state index >= 15 is 0 Å². The molecule has 5 aromatic rings. The zero-order chi connectivity index (χ0) is 25.2. The summed E-state index contributed by atoms with van der Waals surface area (Å²) in [6, 6.07) is 7.72. The van der Waals surface area contributed by atoms with Crippen molar-refractivity contribution in [3.05, 3.63) is 83.1 Å². The van der Waals surface area contributed by atoms with E-state index in [2.05, 4.69) is 40.8 Å². The summed E-state index contributed by atoms with van der Waals surface area (Å²) in [6.07, 6.45) is 4.68. The van der Waals surface area contributed by atoms with Crippen molar-refractivity contribution in [3.63, 3.8) is 0 Å². The molecule has 0 unspecified atom stereocenters. The number of aromatic nitrogens is 8. The molecule has 182 valence electrons. The summed E-state index contributed by atoms with van der Waals surface area (Å²) < 4.78 is 17.0. The van der Waals surface area contributed by atoms with Gasteiger partial charge >= 0.3 is 6.03 Å². The van der Waals surface area contributed by atoms with Gasteiger partial charge in [-0.2, -0.15) is 10.2 Å². The lowest BCUT2D eigenvalue weighted by Gasteiger charge is -2.11. The lowest BCUT2D eigenvalue weighted by molar-refractivity contribution is 0.239. The summed E-state index contributed by atoms with van der Waals surface area (Å²) in [4.78, 5) is 29.5. The molecule has 11 nitrogen and oxygen atoms in total. The van der Waals surface area contributed by atoms with Crippen molar-refractivity contribution < 1.29 is 9.18 Å². The molecule has 0 saturated heterocycles. The molecule has 0 atom stereocenters. The fourth-order valence-corrected chi connectivity index (χ4v) is 3.86. The minimum atomic E-state index is -0.572. The molecule has 0 aliphatic carbocycles. The number of benzene rings is 2. The molecule has 2 aromatic carbocycles. The van der Waals surface area contributed by atoms with Crippen molar-refractivity contribution in [1.82, 2.24) is 50.1 Å². The Morgan fingerprint density at radius 1 is 1.00 bits per heavy atom. The van der Waals surface area contributed by atoms with Crippen molar-refractivity contribution >= 4 is 28.5 Å². The van der Waals surface area contributed by atoms with E-state index in [1.807, 2.05) is 19.1 Å². The number of nitrogens with one attached hydrogen (secondary N) is 2. The normalized spacial score (nSPS) is 11.1. The summed E-state index contributed by atoms with van der Waals surface area (Å²) >= 11 is 5.77. The summed E-state index contributed by atoms with van der Waals surface area (Å²) in [5, 5.41) is 15.0. The third-order valence-corrected chi connectivity index (χ3v) is 5.73. The van der Waals surface area contributed by atoms with Crippen LogP contribution in [0.1, 0.15) is 23.0 Å². The minimum Gasteiger partial charge on any atom is -0.331 e. The number of halogens is 2. The second-order valence-electron chi connectivity index (χ2n) is 7.93. The molecule has 3 aromatic heterocycles. The van der Waals surface area contributed by atoms with Gasteiger partial charge in [0.05, 0.1) is 35.0 Å². The van der Waals surface area contributed by atoms with Crippen LogP contribution in [0.4, 0.5) is 9.18 Å². The van der Waals surface area contributed by atoms with Crippen molar-refractivity contribution in [3.8, 4) is 11.4 Å². The monoisotopic (exact) mass is 506 g/mol. The molecule has 0 bridgehead atoms. The Balaban J connectivity index is 1.26. The average molecular weight is 507 g/mol. The second kappa shape index (κ2) is 9.66. The van der Waals surface area contributed by atoms with Crippen molar-refractivity contribution in [2.24, 2.45) is 0 Å². The molecule has 2 amide bonds. The van der Waals surface area contributed by atoms with Crippen molar-refractivity contribution in [1.29, 1.82) is 0 Å². The van der Waals surface area contributed by atoms with Gasteiger partial charge in [0.15, 0.2) is 11.6 Å². The van der Waals surface area contributed by atoms with E-state index in [0.717, 1.165) is 22.2 Å². The Morgan fingerprint density at radius 2 is 1.81 bits per heavy atom. The predicted octanol–water partition coefficient (Wildman–Crippen LogP) is 3.20. The summed E-state index contributed by atoms with van der Waals surface area (Å²) in [7, 11) is 0. The standard InChI is InChI=1S/C23H20ClFN10O/c1-13-5-16(7-20-17(13)8-26-11-29-20)34-21(30-12-31-34)9-27-23(36)28-10-22-32-14(2)33-35(22)15-3-4-18(24)19(25)6-15/h3-8,11-12H,9-10H2,1-2H3,(H2,27,28,36). The molecular formula is C23H20ClFN10O. The Bertz CT molecular complexity index is 1580. The van der Waals surface area contributed by atoms with Gasteiger partial charge in [-0.25, -0.2) is 38.5 Å². The number of nitrogens with zero attached hydrogens (tertiary/aromatic N) is 8. The number of amides is 2. The molecule has 0 spiro atoms. The van der Waals surface area contributed by atoms with E-state index in [4.69, 9.17) is 11.6 Å². The van der Waals surface area contributed by atoms with Gasteiger partial charge in [-0.1, -0.05) is 11.6 Å². The number of urea groups is 1. The fraction of sp³-hybridized carbons (Fsp3) is 0.174. The van der Waals surface area contributed by atoms with Crippen LogP contribution in [0.2, 0.25) is 5.02 Å². The van der Waals surface area contributed by atoms with Gasteiger partial charge in [0.2, 0.25) is 0 Å². The highest BCUT2D eigenvalue weighted by Gasteiger charge is 2.14. The van der Waals surface area contributed by atoms with E-state index in [1.54, 1.807) is 23.9 Å². The fourth-order valence-electron chi connectivity index (χ4n) is 3.74. The number of fused-ring (bicyclic) bond motifs is 1. The van der Waals surface area contributed by atoms with E-state index in [0.29, 0.717) is 23.2 Å². The summed E-state index contributed by atoms with van der Waals surface area (Å²) in [6.45, 7) is 3.87. The molecule has 13 heteroatoms. The molecule has 0 aliphatic heterocycles. The molecular weight excluding hydrogens is 487 g/mol. The lowest BCUT2D eigenvalue weighted by atomic mass is 10.1. The highest BCUT2D eigenvalue weighted by molar-refractivity contribution is 6.30. The summed E-state index contributed by atoms with van der Waals surface area (Å²) in [5.74, 6) is 0.874. The maximum absolute atomic E-state index is 13.9. The smallest absolute Gasteiger partial charge is 0.315 e. The first-order valence-electron chi connectivity index (χ1n) is 10.9. The molecule has 0 aliphatic rings. The third-order valence-electron chi connectivity index (χ3n) is 5.42. The first-order valence-corrected chi connectivity index (χ1v) is 11.3. The molecule has 36 heavy (non-hydrogen) atoms. The van der Waals surface area contributed by atoms with Gasteiger partial charge in [0.25, 0.3) is 0 Å². The molecule has 3 heterocycles. The second-order valence-corrected chi connectivity index (χ2v) is 8.34. The van der Waals surface area contributed by atoms with E-state index < -0.39 is 11.8 Å².